The normalized spacial score (nSPS) is 22.1. The summed E-state index contributed by atoms with van der Waals surface area (Å²) >= 11 is 0. The van der Waals surface area contributed by atoms with Crippen molar-refractivity contribution in [2.24, 2.45) is 4.99 Å². The van der Waals surface area contributed by atoms with Crippen molar-refractivity contribution in [3.8, 4) is 0 Å². The average Bonchev–Trinajstić information content (AvgIpc) is 3.20. The maximum Gasteiger partial charge on any atom is 0.194 e. The molecule has 0 bridgehead atoms. The predicted molar refractivity (Wildman–Crippen MR) is 126 cm³/mol. The average molecular weight is 422 g/mol. The van der Waals surface area contributed by atoms with Crippen molar-refractivity contribution in [3.05, 3.63) is 71.3 Å². The zero-order chi connectivity index (χ0) is 21.6. The first-order chi connectivity index (χ1) is 15.1. The van der Waals surface area contributed by atoms with E-state index in [1.165, 1.54) is 16.7 Å². The van der Waals surface area contributed by atoms with E-state index < -0.39 is 0 Å². The van der Waals surface area contributed by atoms with Crippen LogP contribution >= 0.6 is 0 Å². The third kappa shape index (κ3) is 5.64. The first-order valence-corrected chi connectivity index (χ1v) is 11.2. The second-order valence-corrected chi connectivity index (χ2v) is 8.80. The summed E-state index contributed by atoms with van der Waals surface area (Å²) in [6.07, 6.45) is 0.236. The van der Waals surface area contributed by atoms with Gasteiger partial charge in [-0.05, 0) is 30.8 Å². The van der Waals surface area contributed by atoms with Gasteiger partial charge in [-0.2, -0.15) is 0 Å². The largest absolute Gasteiger partial charge is 0.373 e. The second-order valence-electron chi connectivity index (χ2n) is 8.80. The molecule has 0 amide bonds. The minimum Gasteiger partial charge on any atom is -0.373 e. The summed E-state index contributed by atoms with van der Waals surface area (Å²) in [5.74, 6) is 0.954. The SMILES string of the molecule is CN=C(NCc1cccc(CN(C)C)c1)N1CC2OCCN(Cc3ccccc3)C2C1. The quantitative estimate of drug-likeness (QED) is 0.573. The van der Waals surface area contributed by atoms with Gasteiger partial charge < -0.3 is 19.9 Å². The van der Waals surface area contributed by atoms with Gasteiger partial charge in [0.15, 0.2) is 5.96 Å². The number of ether oxygens (including phenoxy) is 1. The molecule has 2 unspecified atom stereocenters. The standard InChI is InChI=1S/C25H35N5O/c1-26-25(27-15-21-10-7-11-22(14-21)16-28(2)3)30-18-23-24(19-30)31-13-12-29(23)17-20-8-5-4-6-9-20/h4-11,14,23-24H,12-13,15-19H2,1-3H3,(H,26,27). The monoisotopic (exact) mass is 421 g/mol. The highest BCUT2D eigenvalue weighted by Crippen LogP contribution is 2.24. The fourth-order valence-electron chi connectivity index (χ4n) is 4.66. The number of nitrogens with zero attached hydrogens (tertiary/aromatic N) is 4. The van der Waals surface area contributed by atoms with Crippen LogP contribution in [0, 0.1) is 0 Å². The van der Waals surface area contributed by atoms with Crippen molar-refractivity contribution >= 4 is 5.96 Å². The van der Waals surface area contributed by atoms with Crippen molar-refractivity contribution in [3.63, 3.8) is 0 Å². The molecule has 2 atom stereocenters. The molecule has 6 nitrogen and oxygen atoms in total. The van der Waals surface area contributed by atoms with E-state index in [-0.39, 0.29) is 6.10 Å². The van der Waals surface area contributed by atoms with Gasteiger partial charge in [0.1, 0.15) is 0 Å². The molecule has 2 heterocycles. The fourth-order valence-corrected chi connectivity index (χ4v) is 4.66. The topological polar surface area (TPSA) is 43.3 Å². The number of fused-ring (bicyclic) bond motifs is 1. The van der Waals surface area contributed by atoms with Gasteiger partial charge in [0, 0.05) is 46.3 Å². The lowest BCUT2D eigenvalue weighted by Gasteiger charge is -2.36. The summed E-state index contributed by atoms with van der Waals surface area (Å²) in [4.78, 5) is 11.7. The van der Waals surface area contributed by atoms with Gasteiger partial charge in [0.2, 0.25) is 0 Å². The van der Waals surface area contributed by atoms with Crippen LogP contribution in [0.25, 0.3) is 0 Å². The van der Waals surface area contributed by atoms with E-state index in [0.717, 1.165) is 51.8 Å². The molecule has 1 N–H and O–H groups in total. The summed E-state index contributed by atoms with van der Waals surface area (Å²) in [6, 6.07) is 19.9. The fraction of sp³-hybridized carbons (Fsp3) is 0.480. The number of morpholine rings is 1. The molecule has 2 aromatic carbocycles. The van der Waals surface area contributed by atoms with Crippen LogP contribution in [0.2, 0.25) is 0 Å². The van der Waals surface area contributed by atoms with Crippen LogP contribution in [0.1, 0.15) is 16.7 Å². The van der Waals surface area contributed by atoms with Crippen molar-refractivity contribution in [1.29, 1.82) is 0 Å². The maximum absolute atomic E-state index is 6.14. The Bertz CT molecular complexity index is 869. The molecule has 2 aliphatic heterocycles. The number of hydrogen-bond donors (Lipinski definition) is 1. The number of rotatable bonds is 6. The number of aliphatic imine (C=N–C) groups is 1. The van der Waals surface area contributed by atoms with Crippen LogP contribution in [-0.4, -0.2) is 80.2 Å². The van der Waals surface area contributed by atoms with Crippen LogP contribution < -0.4 is 5.32 Å². The van der Waals surface area contributed by atoms with Gasteiger partial charge in [-0.15, -0.1) is 0 Å². The number of nitrogens with one attached hydrogen (secondary N) is 1. The van der Waals surface area contributed by atoms with Crippen LogP contribution in [0.5, 0.6) is 0 Å². The van der Waals surface area contributed by atoms with Gasteiger partial charge in [-0.25, -0.2) is 0 Å². The van der Waals surface area contributed by atoms with Crippen molar-refractivity contribution in [2.75, 3.05) is 47.4 Å². The Hall–Kier alpha value is -2.41. The third-order valence-corrected chi connectivity index (χ3v) is 6.10. The Morgan fingerprint density at radius 1 is 1.06 bits per heavy atom. The Morgan fingerprint density at radius 3 is 2.61 bits per heavy atom. The van der Waals surface area contributed by atoms with E-state index >= 15 is 0 Å². The molecule has 2 aliphatic rings. The molecule has 0 aromatic heterocycles. The van der Waals surface area contributed by atoms with Gasteiger partial charge in [-0.3, -0.25) is 9.89 Å². The van der Waals surface area contributed by atoms with Gasteiger partial charge in [0.25, 0.3) is 0 Å². The summed E-state index contributed by atoms with van der Waals surface area (Å²) in [5.41, 5.74) is 3.97. The van der Waals surface area contributed by atoms with Crippen LogP contribution in [0.3, 0.4) is 0 Å². The molecule has 4 rings (SSSR count). The number of guanidine groups is 1. The van der Waals surface area contributed by atoms with Crippen molar-refractivity contribution in [1.82, 2.24) is 20.0 Å². The molecular weight excluding hydrogens is 386 g/mol. The van der Waals surface area contributed by atoms with Gasteiger partial charge in [0.05, 0.1) is 18.8 Å². The second kappa shape index (κ2) is 10.3. The zero-order valence-corrected chi connectivity index (χ0v) is 19.0. The van der Waals surface area contributed by atoms with Crippen molar-refractivity contribution in [2.45, 2.75) is 31.8 Å². The first-order valence-electron chi connectivity index (χ1n) is 11.2. The van der Waals surface area contributed by atoms with E-state index in [0.29, 0.717) is 6.04 Å². The highest BCUT2D eigenvalue weighted by molar-refractivity contribution is 5.80. The number of likely N-dealkylation sites (tertiary alicyclic amines) is 1. The van der Waals surface area contributed by atoms with Gasteiger partial charge >= 0.3 is 0 Å². The van der Waals surface area contributed by atoms with Crippen LogP contribution in [-0.2, 0) is 24.4 Å². The van der Waals surface area contributed by atoms with Crippen LogP contribution in [0.15, 0.2) is 59.6 Å². The first kappa shape index (κ1) is 21.8. The molecule has 166 valence electrons. The van der Waals surface area contributed by atoms with E-state index in [1.54, 1.807) is 0 Å². The summed E-state index contributed by atoms with van der Waals surface area (Å²) in [5, 5.41) is 3.57. The lowest BCUT2D eigenvalue weighted by atomic mass is 10.1. The molecule has 0 spiro atoms. The Balaban J connectivity index is 1.36. The summed E-state index contributed by atoms with van der Waals surface area (Å²) in [6.45, 7) is 6.31. The number of hydrogen-bond acceptors (Lipinski definition) is 4. The Morgan fingerprint density at radius 2 is 1.84 bits per heavy atom. The highest BCUT2D eigenvalue weighted by atomic mass is 16.5. The minimum absolute atomic E-state index is 0.236. The van der Waals surface area contributed by atoms with E-state index in [4.69, 9.17) is 4.74 Å². The molecule has 0 radical (unpaired) electrons. The molecule has 0 saturated carbocycles. The van der Waals surface area contributed by atoms with E-state index in [9.17, 15) is 0 Å². The molecule has 2 saturated heterocycles. The minimum atomic E-state index is 0.236. The molecule has 2 aromatic rings. The Kier molecular flexibility index (Phi) is 7.22. The van der Waals surface area contributed by atoms with Crippen LogP contribution in [0.4, 0.5) is 0 Å². The smallest absolute Gasteiger partial charge is 0.194 e. The lowest BCUT2D eigenvalue weighted by molar-refractivity contribution is -0.0502. The molecule has 6 heteroatoms. The van der Waals surface area contributed by atoms with E-state index in [2.05, 4.69) is 93.7 Å². The number of benzene rings is 2. The summed E-state index contributed by atoms with van der Waals surface area (Å²) < 4.78 is 6.14. The molecule has 2 fully saturated rings. The molecule has 31 heavy (non-hydrogen) atoms. The molecule has 0 aliphatic carbocycles. The highest BCUT2D eigenvalue weighted by Gasteiger charge is 2.41. The summed E-state index contributed by atoms with van der Waals surface area (Å²) in [7, 11) is 6.07. The van der Waals surface area contributed by atoms with Gasteiger partial charge in [-0.1, -0.05) is 54.6 Å². The Labute approximate surface area is 186 Å². The van der Waals surface area contributed by atoms with E-state index in [1.807, 2.05) is 7.05 Å². The zero-order valence-electron chi connectivity index (χ0n) is 19.0. The third-order valence-electron chi connectivity index (χ3n) is 6.10. The van der Waals surface area contributed by atoms with Crippen molar-refractivity contribution < 1.29 is 4.74 Å². The lowest BCUT2D eigenvalue weighted by Crippen LogP contribution is -2.50. The maximum atomic E-state index is 6.14. The molecular formula is C25H35N5O. The predicted octanol–water partition coefficient (Wildman–Crippen LogP) is 2.41.